The quantitative estimate of drug-likeness (QED) is 0.476. The van der Waals surface area contributed by atoms with Crippen molar-refractivity contribution in [2.75, 3.05) is 12.5 Å². The van der Waals surface area contributed by atoms with Crippen LogP contribution >= 0.6 is 11.8 Å². The Hall–Kier alpha value is -0.470. The van der Waals surface area contributed by atoms with Crippen LogP contribution in [0.15, 0.2) is 11.2 Å². The first kappa shape index (κ1) is 12.0. The van der Waals surface area contributed by atoms with Crippen LogP contribution in [-0.4, -0.2) is 56.7 Å². The number of aliphatic hydroxyl groups is 3. The van der Waals surface area contributed by atoms with Gasteiger partial charge in [-0.2, -0.15) is 0 Å². The minimum Gasteiger partial charge on any atom is -0.394 e. The van der Waals surface area contributed by atoms with Gasteiger partial charge in [-0.25, -0.2) is 0 Å². The summed E-state index contributed by atoms with van der Waals surface area (Å²) in [7, 11) is 0. The minimum absolute atomic E-state index is 0.333. The smallest absolute Gasteiger partial charge is 0.160 e. The molecule has 7 heteroatoms. The summed E-state index contributed by atoms with van der Waals surface area (Å²) >= 11 is 1.43. The summed E-state index contributed by atoms with van der Waals surface area (Å²) in [5.41, 5.74) is 4.16. The highest BCUT2D eigenvalue weighted by Gasteiger charge is 2.53. The number of hydrogen-bond acceptors (Lipinski definition) is 7. The van der Waals surface area contributed by atoms with E-state index in [4.69, 9.17) is 15.6 Å². The van der Waals surface area contributed by atoms with Crippen LogP contribution in [0.2, 0.25) is 0 Å². The predicted octanol–water partition coefficient (Wildman–Crippen LogP) is -1.42. The lowest BCUT2D eigenvalue weighted by Gasteiger charge is -2.27. The number of rotatable bonds is 2. The number of nitrogens with zero attached hydrogens (tertiary/aromatic N) is 1. The fraction of sp³-hybridized carbons (Fsp3) is 0.778. The molecule has 16 heavy (non-hydrogen) atoms. The van der Waals surface area contributed by atoms with E-state index < -0.39 is 24.0 Å². The van der Waals surface area contributed by atoms with E-state index in [1.54, 1.807) is 11.1 Å². The highest BCUT2D eigenvalue weighted by molar-refractivity contribution is 8.03. The standard InChI is InChI=1S/C9H16N2O4S/c1-9(14)5(3-12)15-8(7(9)13)11-2-6(10)16-4-11/h2,5,7-8,12-14H,3-4,10H2,1H3/t5-,7+,8-,9-/m1/s1. The molecule has 0 unspecified atom stereocenters. The van der Waals surface area contributed by atoms with Gasteiger partial charge in [-0.3, -0.25) is 0 Å². The van der Waals surface area contributed by atoms with Crippen molar-refractivity contribution in [2.24, 2.45) is 5.73 Å². The van der Waals surface area contributed by atoms with Gasteiger partial charge in [-0.05, 0) is 6.92 Å². The van der Waals surface area contributed by atoms with E-state index >= 15 is 0 Å². The Balaban J connectivity index is 2.14. The van der Waals surface area contributed by atoms with Crippen LogP contribution in [0.4, 0.5) is 0 Å². The van der Waals surface area contributed by atoms with Crippen LogP contribution < -0.4 is 5.73 Å². The maximum atomic E-state index is 10.00. The van der Waals surface area contributed by atoms with E-state index in [0.29, 0.717) is 10.9 Å². The van der Waals surface area contributed by atoms with Gasteiger partial charge in [0.05, 0.1) is 17.5 Å². The molecule has 1 fully saturated rings. The van der Waals surface area contributed by atoms with E-state index in [1.165, 1.54) is 18.7 Å². The van der Waals surface area contributed by atoms with Gasteiger partial charge < -0.3 is 30.7 Å². The van der Waals surface area contributed by atoms with Crippen molar-refractivity contribution in [1.29, 1.82) is 0 Å². The molecule has 0 aromatic heterocycles. The summed E-state index contributed by atoms with van der Waals surface area (Å²) in [4.78, 5) is 1.72. The summed E-state index contributed by atoms with van der Waals surface area (Å²) in [6, 6.07) is 0. The van der Waals surface area contributed by atoms with Gasteiger partial charge in [0.1, 0.15) is 17.8 Å². The molecule has 0 aromatic carbocycles. The maximum Gasteiger partial charge on any atom is 0.160 e. The molecule has 2 aliphatic heterocycles. The second-order valence-electron chi connectivity index (χ2n) is 4.19. The third kappa shape index (κ3) is 1.78. The molecular formula is C9H16N2O4S. The van der Waals surface area contributed by atoms with Crippen LogP contribution in [0, 0.1) is 0 Å². The van der Waals surface area contributed by atoms with E-state index in [1.807, 2.05) is 0 Å². The highest BCUT2D eigenvalue weighted by Crippen LogP contribution is 2.35. The zero-order valence-electron chi connectivity index (χ0n) is 8.91. The highest BCUT2D eigenvalue weighted by atomic mass is 32.2. The minimum atomic E-state index is -1.45. The SMILES string of the molecule is C[C@@]1(O)[C@@H](CO)O[C@@H](N2C=C(N)SC2)[C@@H]1O. The molecule has 0 aromatic rings. The van der Waals surface area contributed by atoms with E-state index in [2.05, 4.69) is 0 Å². The molecule has 5 N–H and O–H groups in total. The average Bonchev–Trinajstić information content (AvgIpc) is 2.72. The molecule has 0 aliphatic carbocycles. The van der Waals surface area contributed by atoms with Gasteiger partial charge in [-0.15, -0.1) is 0 Å². The third-order valence-corrected chi connectivity index (χ3v) is 3.86. The Morgan fingerprint density at radius 1 is 1.75 bits per heavy atom. The maximum absolute atomic E-state index is 10.00. The van der Waals surface area contributed by atoms with Crippen LogP contribution in [0.25, 0.3) is 0 Å². The molecule has 0 radical (unpaired) electrons. The van der Waals surface area contributed by atoms with Gasteiger partial charge in [0.2, 0.25) is 0 Å². The van der Waals surface area contributed by atoms with Gasteiger partial charge in [0.15, 0.2) is 6.23 Å². The van der Waals surface area contributed by atoms with Crippen molar-refractivity contribution in [3.05, 3.63) is 11.2 Å². The second-order valence-corrected chi connectivity index (χ2v) is 5.21. The van der Waals surface area contributed by atoms with Crippen molar-refractivity contribution >= 4 is 11.8 Å². The molecule has 6 nitrogen and oxygen atoms in total. The number of hydrogen-bond donors (Lipinski definition) is 4. The van der Waals surface area contributed by atoms with Gasteiger partial charge in [0, 0.05) is 6.20 Å². The predicted molar refractivity (Wildman–Crippen MR) is 58.9 cm³/mol. The zero-order chi connectivity index (χ0) is 11.9. The Kier molecular flexibility index (Phi) is 3.06. The average molecular weight is 248 g/mol. The van der Waals surface area contributed by atoms with E-state index in [-0.39, 0.29) is 6.61 Å². The van der Waals surface area contributed by atoms with Crippen molar-refractivity contribution in [1.82, 2.24) is 4.90 Å². The monoisotopic (exact) mass is 248 g/mol. The van der Waals surface area contributed by atoms with Gasteiger partial charge >= 0.3 is 0 Å². The van der Waals surface area contributed by atoms with Crippen LogP contribution in [0.3, 0.4) is 0 Å². The number of thioether (sulfide) groups is 1. The Labute approximate surface area is 97.7 Å². The molecule has 2 heterocycles. The molecule has 92 valence electrons. The van der Waals surface area contributed by atoms with Crippen molar-refractivity contribution in [3.8, 4) is 0 Å². The first-order valence-electron chi connectivity index (χ1n) is 4.99. The Morgan fingerprint density at radius 3 is 2.88 bits per heavy atom. The van der Waals surface area contributed by atoms with Crippen LogP contribution in [0.1, 0.15) is 6.92 Å². The summed E-state index contributed by atoms with van der Waals surface area (Å²) in [6.45, 7) is 1.12. The zero-order valence-corrected chi connectivity index (χ0v) is 9.72. The fourth-order valence-electron chi connectivity index (χ4n) is 1.88. The first-order chi connectivity index (χ1) is 7.46. The summed E-state index contributed by atoms with van der Waals surface area (Å²) < 4.78 is 5.43. The number of aliphatic hydroxyl groups excluding tert-OH is 2. The number of ether oxygens (including phenoxy) is 1. The van der Waals surface area contributed by atoms with Crippen LogP contribution in [0.5, 0.6) is 0 Å². The van der Waals surface area contributed by atoms with Crippen molar-refractivity contribution < 1.29 is 20.1 Å². The normalized spacial score (nSPS) is 43.9. The van der Waals surface area contributed by atoms with Crippen molar-refractivity contribution in [3.63, 3.8) is 0 Å². The molecule has 4 atom stereocenters. The van der Waals surface area contributed by atoms with E-state index in [0.717, 1.165) is 0 Å². The molecule has 2 rings (SSSR count). The molecule has 0 bridgehead atoms. The van der Waals surface area contributed by atoms with Crippen molar-refractivity contribution in [2.45, 2.75) is 31.0 Å². The molecule has 0 spiro atoms. The Morgan fingerprint density at radius 2 is 2.44 bits per heavy atom. The molecular weight excluding hydrogens is 232 g/mol. The molecule has 0 amide bonds. The third-order valence-electron chi connectivity index (χ3n) is 2.99. The second kappa shape index (κ2) is 4.08. The summed E-state index contributed by atoms with van der Waals surface area (Å²) in [5.74, 6) is 0.571. The Bertz CT molecular complexity index is 310. The lowest BCUT2D eigenvalue weighted by atomic mass is 9.95. The molecule has 1 saturated heterocycles. The first-order valence-corrected chi connectivity index (χ1v) is 5.98. The summed E-state index contributed by atoms with van der Waals surface area (Å²) in [5, 5.41) is 29.7. The molecule has 2 aliphatic rings. The lowest BCUT2D eigenvalue weighted by Crippen LogP contribution is -2.48. The fourth-order valence-corrected chi connectivity index (χ4v) is 2.61. The lowest BCUT2D eigenvalue weighted by molar-refractivity contribution is -0.0832. The van der Waals surface area contributed by atoms with Crippen LogP contribution in [-0.2, 0) is 4.74 Å². The van der Waals surface area contributed by atoms with E-state index in [9.17, 15) is 10.2 Å². The number of nitrogens with two attached hydrogens (primary N) is 1. The summed E-state index contributed by atoms with van der Waals surface area (Å²) in [6.07, 6.45) is -0.852. The largest absolute Gasteiger partial charge is 0.394 e. The van der Waals surface area contributed by atoms with Gasteiger partial charge in [0.25, 0.3) is 0 Å². The molecule has 0 saturated carbocycles. The topological polar surface area (TPSA) is 99.2 Å². The van der Waals surface area contributed by atoms with Gasteiger partial charge in [-0.1, -0.05) is 11.8 Å².